The number of anilines is 1. The fourth-order valence-corrected chi connectivity index (χ4v) is 6.20. The van der Waals surface area contributed by atoms with Gasteiger partial charge in [-0.2, -0.15) is 4.31 Å². The van der Waals surface area contributed by atoms with Crippen LogP contribution in [0.1, 0.15) is 19.3 Å². The number of rotatable bonds is 2. The van der Waals surface area contributed by atoms with Crippen LogP contribution in [0.3, 0.4) is 0 Å². The molecule has 1 saturated carbocycles. The summed E-state index contributed by atoms with van der Waals surface area (Å²) in [5.41, 5.74) is 5.88. The van der Waals surface area contributed by atoms with E-state index < -0.39 is 10.0 Å². The molecule has 2 aliphatic heterocycles. The zero-order chi connectivity index (χ0) is 15.5. The van der Waals surface area contributed by atoms with Crippen LogP contribution in [0, 0.1) is 11.3 Å². The highest BCUT2D eigenvalue weighted by Gasteiger charge is 2.60. The van der Waals surface area contributed by atoms with Gasteiger partial charge in [0, 0.05) is 18.7 Å². The summed E-state index contributed by atoms with van der Waals surface area (Å²) in [4.78, 5) is 3.88. The Morgan fingerprint density at radius 1 is 1.41 bits per heavy atom. The molecular weight excluding hydrogens is 326 g/mol. The Balaban J connectivity index is 1.76. The average molecular weight is 344 g/mol. The molecule has 0 aromatic carbocycles. The Bertz CT molecular complexity index is 720. The minimum Gasteiger partial charge on any atom is -0.383 e. The van der Waals surface area contributed by atoms with E-state index in [0.29, 0.717) is 25.7 Å². The van der Waals surface area contributed by atoms with E-state index in [-0.39, 0.29) is 27.2 Å². The molecule has 1 aromatic rings. The molecule has 2 saturated heterocycles. The first-order valence-electron chi connectivity index (χ1n) is 7.45. The molecule has 0 bridgehead atoms. The second kappa shape index (κ2) is 4.80. The van der Waals surface area contributed by atoms with E-state index in [2.05, 4.69) is 4.98 Å². The van der Waals surface area contributed by atoms with Gasteiger partial charge in [0.25, 0.3) is 0 Å². The first kappa shape index (κ1) is 14.7. The molecule has 1 aromatic heterocycles. The maximum atomic E-state index is 13.1. The minimum absolute atomic E-state index is 0.00187. The zero-order valence-corrected chi connectivity index (χ0v) is 13.6. The molecule has 2 N–H and O–H groups in total. The molecule has 120 valence electrons. The predicted octanol–water partition coefficient (Wildman–Crippen LogP) is 1.51. The van der Waals surface area contributed by atoms with Crippen LogP contribution in [-0.2, 0) is 14.8 Å². The van der Waals surface area contributed by atoms with Gasteiger partial charge < -0.3 is 10.5 Å². The largest absolute Gasteiger partial charge is 0.383 e. The smallest absolute Gasteiger partial charge is 0.247 e. The zero-order valence-electron chi connectivity index (χ0n) is 12.0. The molecule has 8 heteroatoms. The number of ether oxygens (including phenoxy) is 1. The number of nitrogens with zero attached hydrogens (tertiary/aromatic N) is 2. The van der Waals surface area contributed by atoms with Gasteiger partial charge in [-0.15, -0.1) is 0 Å². The average Bonchev–Trinajstić information content (AvgIpc) is 3.00. The van der Waals surface area contributed by atoms with Crippen molar-refractivity contribution < 1.29 is 13.2 Å². The quantitative estimate of drug-likeness (QED) is 0.879. The number of nitrogen functional groups attached to an aromatic ring is 1. The number of pyridine rings is 1. The van der Waals surface area contributed by atoms with Crippen LogP contribution in [-0.4, -0.2) is 43.5 Å². The highest BCUT2D eigenvalue weighted by molar-refractivity contribution is 7.89. The molecule has 0 amide bonds. The summed E-state index contributed by atoms with van der Waals surface area (Å²) in [5.74, 6) is 0.291. The van der Waals surface area contributed by atoms with Crippen LogP contribution < -0.4 is 5.73 Å². The van der Waals surface area contributed by atoms with Crippen molar-refractivity contribution in [3.63, 3.8) is 0 Å². The van der Waals surface area contributed by atoms with E-state index >= 15 is 0 Å². The standard InChI is InChI=1S/C14H18ClN3O3S/c15-9-4-12(13(16)17-5-9)22(19,20)18-8-14(2-1-3-14)10-6-21-7-11(10)18/h4-5,10-11H,1-3,6-8H2,(H2,16,17)/t10-,11-/m0/s1. The second-order valence-electron chi connectivity index (χ2n) is 6.51. The Hall–Kier alpha value is -0.890. The third-order valence-corrected chi connectivity index (χ3v) is 7.57. The molecule has 1 aliphatic carbocycles. The first-order valence-corrected chi connectivity index (χ1v) is 9.26. The third-order valence-electron chi connectivity index (χ3n) is 5.46. The van der Waals surface area contributed by atoms with Crippen molar-refractivity contribution in [1.82, 2.24) is 9.29 Å². The summed E-state index contributed by atoms with van der Waals surface area (Å²) >= 11 is 5.91. The van der Waals surface area contributed by atoms with Gasteiger partial charge in [-0.05, 0) is 24.3 Å². The lowest BCUT2D eigenvalue weighted by Crippen LogP contribution is -2.40. The van der Waals surface area contributed by atoms with Gasteiger partial charge >= 0.3 is 0 Å². The van der Waals surface area contributed by atoms with Gasteiger partial charge in [0.1, 0.15) is 10.7 Å². The number of hydrogen-bond donors (Lipinski definition) is 1. The number of halogens is 1. The monoisotopic (exact) mass is 343 g/mol. The number of hydrogen-bond acceptors (Lipinski definition) is 5. The van der Waals surface area contributed by atoms with Crippen molar-refractivity contribution in [2.24, 2.45) is 11.3 Å². The Morgan fingerprint density at radius 3 is 2.86 bits per heavy atom. The molecule has 3 fully saturated rings. The van der Waals surface area contributed by atoms with Crippen LogP contribution in [0.25, 0.3) is 0 Å². The summed E-state index contributed by atoms with van der Waals surface area (Å²) in [6.45, 7) is 1.67. The highest BCUT2D eigenvalue weighted by Crippen LogP contribution is 2.56. The molecular formula is C14H18ClN3O3S. The van der Waals surface area contributed by atoms with Crippen LogP contribution >= 0.6 is 11.6 Å². The van der Waals surface area contributed by atoms with E-state index in [0.717, 1.165) is 19.3 Å². The lowest BCUT2D eigenvalue weighted by Gasteiger charge is -2.42. The maximum absolute atomic E-state index is 13.1. The summed E-state index contributed by atoms with van der Waals surface area (Å²) in [7, 11) is -3.71. The molecule has 4 rings (SSSR count). The number of aromatic nitrogens is 1. The molecule has 2 atom stereocenters. The Labute approximate surface area is 134 Å². The van der Waals surface area contributed by atoms with Crippen LogP contribution in [0.5, 0.6) is 0 Å². The normalized spacial score (nSPS) is 30.4. The molecule has 0 radical (unpaired) electrons. The van der Waals surface area contributed by atoms with Gasteiger partial charge in [0.15, 0.2) is 0 Å². The molecule has 22 heavy (non-hydrogen) atoms. The molecule has 6 nitrogen and oxygen atoms in total. The number of fused-ring (bicyclic) bond motifs is 2. The van der Waals surface area contributed by atoms with E-state index in [1.54, 1.807) is 4.31 Å². The highest BCUT2D eigenvalue weighted by atomic mass is 35.5. The van der Waals surface area contributed by atoms with Gasteiger partial charge in [0.05, 0.1) is 24.3 Å². The minimum atomic E-state index is -3.71. The lowest BCUT2D eigenvalue weighted by atomic mass is 9.62. The van der Waals surface area contributed by atoms with Crippen LogP contribution in [0.15, 0.2) is 17.2 Å². The van der Waals surface area contributed by atoms with Crippen molar-refractivity contribution >= 4 is 27.4 Å². The fraction of sp³-hybridized carbons (Fsp3) is 0.643. The van der Waals surface area contributed by atoms with E-state index in [1.807, 2.05) is 0 Å². The van der Waals surface area contributed by atoms with Gasteiger partial charge in [-0.25, -0.2) is 13.4 Å². The molecule has 3 heterocycles. The van der Waals surface area contributed by atoms with Crippen molar-refractivity contribution in [2.75, 3.05) is 25.5 Å². The third kappa shape index (κ3) is 1.92. The van der Waals surface area contributed by atoms with Crippen LogP contribution in [0.4, 0.5) is 5.82 Å². The molecule has 3 aliphatic rings. The number of nitrogens with two attached hydrogens (primary N) is 1. The number of sulfonamides is 1. The van der Waals surface area contributed by atoms with Crippen molar-refractivity contribution in [3.05, 3.63) is 17.3 Å². The summed E-state index contributed by atoms with van der Waals surface area (Å²) < 4.78 is 33.3. The fourth-order valence-electron chi connectivity index (χ4n) is 4.14. The Morgan fingerprint density at radius 2 is 2.18 bits per heavy atom. The van der Waals surface area contributed by atoms with Gasteiger partial charge in [-0.3, -0.25) is 0 Å². The lowest BCUT2D eigenvalue weighted by molar-refractivity contribution is 0.0601. The van der Waals surface area contributed by atoms with Gasteiger partial charge in [0.2, 0.25) is 10.0 Å². The molecule has 0 unspecified atom stereocenters. The Kier molecular flexibility index (Phi) is 3.21. The van der Waals surface area contributed by atoms with E-state index in [9.17, 15) is 8.42 Å². The van der Waals surface area contributed by atoms with Gasteiger partial charge in [-0.1, -0.05) is 18.0 Å². The van der Waals surface area contributed by atoms with Crippen LogP contribution in [0.2, 0.25) is 5.02 Å². The van der Waals surface area contributed by atoms with Crippen molar-refractivity contribution in [3.8, 4) is 0 Å². The SMILES string of the molecule is Nc1ncc(Cl)cc1S(=O)(=O)N1CC2(CCC2)[C@H]2COC[C@@H]21. The molecule has 1 spiro atoms. The summed E-state index contributed by atoms with van der Waals surface area (Å²) in [6.07, 6.45) is 4.67. The summed E-state index contributed by atoms with van der Waals surface area (Å²) in [6, 6.07) is 1.29. The summed E-state index contributed by atoms with van der Waals surface area (Å²) in [5, 5.41) is 0.268. The van der Waals surface area contributed by atoms with Crippen molar-refractivity contribution in [2.45, 2.75) is 30.2 Å². The maximum Gasteiger partial charge on any atom is 0.247 e. The topological polar surface area (TPSA) is 85.5 Å². The second-order valence-corrected chi connectivity index (χ2v) is 8.81. The van der Waals surface area contributed by atoms with E-state index in [1.165, 1.54) is 12.3 Å². The first-order chi connectivity index (χ1) is 10.4. The van der Waals surface area contributed by atoms with Crippen molar-refractivity contribution in [1.29, 1.82) is 0 Å². The predicted molar refractivity (Wildman–Crippen MR) is 81.9 cm³/mol. The van der Waals surface area contributed by atoms with E-state index in [4.69, 9.17) is 22.1 Å².